The summed E-state index contributed by atoms with van der Waals surface area (Å²) in [4.78, 5) is 0. The average Bonchev–Trinajstić information content (AvgIpc) is 2.85. The van der Waals surface area contributed by atoms with E-state index in [2.05, 4.69) is 13.8 Å². The summed E-state index contributed by atoms with van der Waals surface area (Å²) in [6.07, 6.45) is 47.4. The maximum atomic E-state index is 2.31. The Morgan fingerprint density at radius 1 is 0.147 bits per heavy atom. The number of hydrogen-bond acceptors (Lipinski definition) is 0. The van der Waals surface area contributed by atoms with E-state index >= 15 is 0 Å². The lowest BCUT2D eigenvalue weighted by Crippen LogP contribution is -1.85. The topological polar surface area (TPSA) is 0 Å². The maximum absolute atomic E-state index is 2.31. The van der Waals surface area contributed by atoms with Gasteiger partial charge in [-0.2, -0.15) is 0 Å². The minimum Gasteiger partial charge on any atom is -0.0654 e. The molecule has 0 nitrogen and oxygen atoms in total. The first-order valence-electron chi connectivity index (χ1n) is 16.9. The van der Waals surface area contributed by atoms with Crippen LogP contribution in [0.3, 0.4) is 0 Å². The van der Waals surface area contributed by atoms with Gasteiger partial charge in [0.05, 0.1) is 0 Å². The van der Waals surface area contributed by atoms with E-state index in [1.54, 1.807) is 0 Å². The molecule has 0 fully saturated rings. The summed E-state index contributed by atoms with van der Waals surface area (Å²) < 4.78 is 0. The van der Waals surface area contributed by atoms with Crippen LogP contribution in [0.15, 0.2) is 0 Å². The molecule has 0 saturated heterocycles. The molecule has 0 aromatic carbocycles. The zero-order chi connectivity index (χ0) is 24.6. The van der Waals surface area contributed by atoms with Gasteiger partial charge in [-0.25, -0.2) is 0 Å². The predicted octanol–water partition coefficient (Wildman–Crippen LogP) is 13.5. The molecule has 0 heterocycles. The van der Waals surface area contributed by atoms with Gasteiger partial charge < -0.3 is 0 Å². The van der Waals surface area contributed by atoms with Gasteiger partial charge >= 0.3 is 0 Å². The Morgan fingerprint density at radius 2 is 0.235 bits per heavy atom. The number of hydrogen-bond donors (Lipinski definition) is 0. The highest BCUT2D eigenvalue weighted by molar-refractivity contribution is 4.52. The van der Waals surface area contributed by atoms with Gasteiger partial charge in [0.2, 0.25) is 0 Å². The van der Waals surface area contributed by atoms with Crippen LogP contribution < -0.4 is 0 Å². The second-order valence-corrected chi connectivity index (χ2v) is 11.6. The largest absolute Gasteiger partial charge is 0.0654 e. The van der Waals surface area contributed by atoms with Gasteiger partial charge in [0.25, 0.3) is 0 Å². The van der Waals surface area contributed by atoms with Gasteiger partial charge in [-0.3, -0.25) is 0 Å². The third-order valence-corrected chi connectivity index (χ3v) is 7.96. The minimum absolute atomic E-state index is 1.37. The van der Waals surface area contributed by atoms with Crippen LogP contribution in [-0.2, 0) is 0 Å². The molecule has 0 radical (unpaired) electrons. The summed E-state index contributed by atoms with van der Waals surface area (Å²) >= 11 is 0. The first kappa shape index (κ1) is 34.0. The standard InChI is InChI=1S/C34H70/c1-3-5-7-9-11-13-15-17-19-21-23-25-27-29-31-33-34-32-30-28-26-24-22-20-18-16-14-12-10-8-6-4-2/h3-34H2,1-2H3. The molecule has 0 atom stereocenters. The molecular formula is C34H70. The molecule has 0 aliphatic rings. The molecule has 0 N–H and O–H groups in total. The SMILES string of the molecule is CCCCCCCCCCCCCCCCCCCCCCCCCCCCCCCCCC. The molecule has 0 spiro atoms. The fourth-order valence-electron chi connectivity index (χ4n) is 5.45. The molecule has 0 bridgehead atoms. The monoisotopic (exact) mass is 479 g/mol. The van der Waals surface area contributed by atoms with Crippen LogP contribution in [0.25, 0.3) is 0 Å². The number of rotatable bonds is 31. The second kappa shape index (κ2) is 33.0. The van der Waals surface area contributed by atoms with E-state index in [1.807, 2.05) is 0 Å². The molecule has 0 rings (SSSR count). The summed E-state index contributed by atoms with van der Waals surface area (Å²) in [5, 5.41) is 0. The summed E-state index contributed by atoms with van der Waals surface area (Å²) in [5.74, 6) is 0. The van der Waals surface area contributed by atoms with Crippen LogP contribution in [0.2, 0.25) is 0 Å². The highest BCUT2D eigenvalue weighted by atomic mass is 14.0. The van der Waals surface area contributed by atoms with Crippen molar-refractivity contribution in [1.82, 2.24) is 0 Å². The lowest BCUT2D eigenvalue weighted by Gasteiger charge is -2.04. The van der Waals surface area contributed by atoms with E-state index in [0.29, 0.717) is 0 Å². The fraction of sp³-hybridized carbons (Fsp3) is 1.00. The first-order chi connectivity index (χ1) is 16.9. The van der Waals surface area contributed by atoms with Gasteiger partial charge in [0, 0.05) is 0 Å². The molecule has 34 heavy (non-hydrogen) atoms. The maximum Gasteiger partial charge on any atom is -0.0533 e. The van der Waals surface area contributed by atoms with Crippen LogP contribution >= 0.6 is 0 Å². The average molecular weight is 479 g/mol. The first-order valence-corrected chi connectivity index (χ1v) is 16.9. The molecule has 0 amide bonds. The van der Waals surface area contributed by atoms with Crippen LogP contribution in [0.5, 0.6) is 0 Å². The zero-order valence-electron chi connectivity index (χ0n) is 24.6. The van der Waals surface area contributed by atoms with Crippen molar-refractivity contribution in [3.05, 3.63) is 0 Å². The Labute approximate surface area is 219 Å². The Morgan fingerprint density at radius 3 is 0.324 bits per heavy atom. The van der Waals surface area contributed by atoms with Crippen molar-refractivity contribution < 1.29 is 0 Å². The minimum atomic E-state index is 1.37. The van der Waals surface area contributed by atoms with Crippen molar-refractivity contribution >= 4 is 0 Å². The van der Waals surface area contributed by atoms with Crippen LogP contribution in [0.4, 0.5) is 0 Å². The van der Waals surface area contributed by atoms with Crippen LogP contribution in [0.1, 0.15) is 219 Å². The summed E-state index contributed by atoms with van der Waals surface area (Å²) in [6.45, 7) is 4.62. The van der Waals surface area contributed by atoms with Gasteiger partial charge in [-0.05, 0) is 0 Å². The molecule has 0 saturated carbocycles. The summed E-state index contributed by atoms with van der Waals surface area (Å²) in [7, 11) is 0. The normalized spacial score (nSPS) is 11.5. The molecule has 0 aromatic heterocycles. The Hall–Kier alpha value is 0. The van der Waals surface area contributed by atoms with Crippen LogP contribution in [0, 0.1) is 0 Å². The molecule has 0 heteroatoms. The highest BCUT2D eigenvalue weighted by Crippen LogP contribution is 2.16. The van der Waals surface area contributed by atoms with E-state index < -0.39 is 0 Å². The number of unbranched alkanes of at least 4 members (excludes halogenated alkanes) is 31. The lowest BCUT2D eigenvalue weighted by atomic mass is 10.0. The van der Waals surface area contributed by atoms with Crippen molar-refractivity contribution in [2.45, 2.75) is 219 Å². The van der Waals surface area contributed by atoms with E-state index in [1.165, 1.54) is 205 Å². The van der Waals surface area contributed by atoms with Crippen molar-refractivity contribution in [2.24, 2.45) is 0 Å². The molecule has 0 aromatic rings. The van der Waals surface area contributed by atoms with Gasteiger partial charge in [-0.15, -0.1) is 0 Å². The van der Waals surface area contributed by atoms with E-state index in [4.69, 9.17) is 0 Å². The van der Waals surface area contributed by atoms with Gasteiger partial charge in [-0.1, -0.05) is 219 Å². The second-order valence-electron chi connectivity index (χ2n) is 11.6. The Kier molecular flexibility index (Phi) is 33.0. The quantitative estimate of drug-likeness (QED) is 0.0869. The third kappa shape index (κ3) is 32.0. The van der Waals surface area contributed by atoms with Crippen molar-refractivity contribution in [1.29, 1.82) is 0 Å². The summed E-state index contributed by atoms with van der Waals surface area (Å²) in [5.41, 5.74) is 0. The van der Waals surface area contributed by atoms with Crippen molar-refractivity contribution in [2.75, 3.05) is 0 Å². The molecule has 0 unspecified atom stereocenters. The smallest absolute Gasteiger partial charge is 0.0533 e. The van der Waals surface area contributed by atoms with Crippen LogP contribution in [-0.4, -0.2) is 0 Å². The third-order valence-electron chi connectivity index (χ3n) is 7.96. The van der Waals surface area contributed by atoms with E-state index in [-0.39, 0.29) is 0 Å². The zero-order valence-corrected chi connectivity index (χ0v) is 24.6. The van der Waals surface area contributed by atoms with Crippen molar-refractivity contribution in [3.63, 3.8) is 0 Å². The van der Waals surface area contributed by atoms with Crippen molar-refractivity contribution in [3.8, 4) is 0 Å². The molecule has 0 aliphatic heterocycles. The van der Waals surface area contributed by atoms with Gasteiger partial charge in [0.1, 0.15) is 0 Å². The summed E-state index contributed by atoms with van der Waals surface area (Å²) in [6, 6.07) is 0. The lowest BCUT2D eigenvalue weighted by molar-refractivity contribution is 0.512. The van der Waals surface area contributed by atoms with E-state index in [9.17, 15) is 0 Å². The fourth-order valence-corrected chi connectivity index (χ4v) is 5.45. The Bertz CT molecular complexity index is 288. The molecule has 206 valence electrons. The Balaban J connectivity index is 2.99. The predicted molar refractivity (Wildman–Crippen MR) is 159 cm³/mol. The van der Waals surface area contributed by atoms with E-state index in [0.717, 1.165) is 0 Å². The molecule has 0 aliphatic carbocycles. The molecular weight excluding hydrogens is 408 g/mol. The van der Waals surface area contributed by atoms with Gasteiger partial charge in [0.15, 0.2) is 0 Å². The highest BCUT2D eigenvalue weighted by Gasteiger charge is 1.97.